The number of aliphatic hydroxyl groups excluding tert-OH is 1. The van der Waals surface area contributed by atoms with Crippen molar-refractivity contribution in [2.75, 3.05) is 13.1 Å². The predicted octanol–water partition coefficient (Wildman–Crippen LogP) is 4.28. The fraction of sp³-hybridized carbons (Fsp3) is 0.600. The highest BCUT2D eigenvalue weighted by molar-refractivity contribution is 5.25. The van der Waals surface area contributed by atoms with E-state index in [0.29, 0.717) is 6.04 Å². The molecule has 0 bridgehead atoms. The molecule has 1 aromatic rings. The van der Waals surface area contributed by atoms with Gasteiger partial charge in [0.25, 0.3) is 0 Å². The maximum absolute atomic E-state index is 13.2. The molecule has 128 valence electrons. The van der Waals surface area contributed by atoms with Crippen LogP contribution in [0.15, 0.2) is 35.9 Å². The van der Waals surface area contributed by atoms with Gasteiger partial charge in [-0.05, 0) is 56.2 Å². The van der Waals surface area contributed by atoms with Crippen molar-refractivity contribution < 1.29 is 9.50 Å². The topological polar surface area (TPSA) is 23.5 Å². The molecule has 2 rings (SSSR count). The number of hydrogen-bond donors (Lipinski definition) is 1. The molecule has 1 aliphatic heterocycles. The van der Waals surface area contributed by atoms with Crippen molar-refractivity contribution in [3.63, 3.8) is 0 Å². The highest BCUT2D eigenvalue weighted by atomic mass is 19.1. The molecule has 0 saturated carbocycles. The fourth-order valence-electron chi connectivity index (χ4n) is 3.44. The molecule has 2 nitrogen and oxygen atoms in total. The van der Waals surface area contributed by atoms with Crippen LogP contribution in [0.2, 0.25) is 0 Å². The van der Waals surface area contributed by atoms with Crippen molar-refractivity contribution in [2.24, 2.45) is 0 Å². The number of rotatable bonds is 5. The molecule has 0 amide bonds. The molecule has 1 atom stereocenters. The first kappa shape index (κ1) is 18.2. The summed E-state index contributed by atoms with van der Waals surface area (Å²) in [5.41, 5.74) is 2.46. The van der Waals surface area contributed by atoms with E-state index in [0.717, 1.165) is 32.4 Å². The molecule has 1 aliphatic rings. The van der Waals surface area contributed by atoms with Gasteiger partial charge in [-0.15, -0.1) is 0 Å². The number of benzene rings is 1. The van der Waals surface area contributed by atoms with Crippen LogP contribution < -0.4 is 0 Å². The lowest BCUT2D eigenvalue weighted by atomic mass is 9.78. The highest BCUT2D eigenvalue weighted by Gasteiger charge is 2.29. The van der Waals surface area contributed by atoms with Crippen LogP contribution in [0.25, 0.3) is 0 Å². The summed E-state index contributed by atoms with van der Waals surface area (Å²) in [4.78, 5) is 2.48. The standard InChI is InChI=1S/C20H30FNO/c1-15(2)13-18(22-11-9-19(23)10-12-22)14-20(3,4)16-5-7-17(21)8-6-16/h5-8,13,18-19,23H,9-12,14H2,1-4H3. The maximum atomic E-state index is 13.2. The first-order valence-electron chi connectivity index (χ1n) is 8.61. The summed E-state index contributed by atoms with van der Waals surface area (Å²) in [5.74, 6) is -0.185. The Hall–Kier alpha value is -1.19. The summed E-state index contributed by atoms with van der Waals surface area (Å²) >= 11 is 0. The van der Waals surface area contributed by atoms with Gasteiger partial charge in [0.05, 0.1) is 6.10 Å². The van der Waals surface area contributed by atoms with Gasteiger partial charge in [0.15, 0.2) is 0 Å². The summed E-state index contributed by atoms with van der Waals surface area (Å²) in [5, 5.41) is 9.75. The van der Waals surface area contributed by atoms with Crippen LogP contribution >= 0.6 is 0 Å². The second-order valence-corrected chi connectivity index (χ2v) is 7.67. The van der Waals surface area contributed by atoms with E-state index in [-0.39, 0.29) is 17.3 Å². The van der Waals surface area contributed by atoms with Crippen LogP contribution in [0.5, 0.6) is 0 Å². The van der Waals surface area contributed by atoms with Gasteiger partial charge >= 0.3 is 0 Å². The molecule has 1 heterocycles. The lowest BCUT2D eigenvalue weighted by molar-refractivity contribution is 0.0645. The van der Waals surface area contributed by atoms with Crippen molar-refractivity contribution in [3.05, 3.63) is 47.3 Å². The number of aliphatic hydroxyl groups is 1. The Bertz CT molecular complexity index is 523. The van der Waals surface area contributed by atoms with Crippen LogP contribution in [-0.4, -0.2) is 35.2 Å². The average molecular weight is 319 g/mol. The van der Waals surface area contributed by atoms with Gasteiger partial charge in [-0.25, -0.2) is 4.39 Å². The lowest BCUT2D eigenvalue weighted by Gasteiger charge is -2.39. The van der Waals surface area contributed by atoms with Gasteiger partial charge in [-0.3, -0.25) is 4.90 Å². The molecular formula is C20H30FNO. The number of halogens is 1. The van der Waals surface area contributed by atoms with E-state index in [1.165, 1.54) is 11.1 Å². The molecule has 1 fully saturated rings. The Labute approximate surface area is 140 Å². The Morgan fingerprint density at radius 1 is 1.26 bits per heavy atom. The van der Waals surface area contributed by atoms with Gasteiger partial charge in [-0.1, -0.05) is 37.6 Å². The summed E-state index contributed by atoms with van der Waals surface area (Å²) in [6.45, 7) is 10.6. The largest absolute Gasteiger partial charge is 0.393 e. The Morgan fingerprint density at radius 2 is 1.83 bits per heavy atom. The van der Waals surface area contributed by atoms with Crippen molar-refractivity contribution >= 4 is 0 Å². The molecule has 23 heavy (non-hydrogen) atoms. The zero-order chi connectivity index (χ0) is 17.0. The Morgan fingerprint density at radius 3 is 2.35 bits per heavy atom. The highest BCUT2D eigenvalue weighted by Crippen LogP contribution is 2.32. The van der Waals surface area contributed by atoms with Gasteiger partial charge in [0, 0.05) is 19.1 Å². The van der Waals surface area contributed by atoms with E-state index in [1.807, 2.05) is 12.1 Å². The molecule has 1 saturated heterocycles. The van der Waals surface area contributed by atoms with Crippen LogP contribution in [0.4, 0.5) is 4.39 Å². The third kappa shape index (κ3) is 5.15. The quantitative estimate of drug-likeness (QED) is 0.819. The number of hydrogen-bond acceptors (Lipinski definition) is 2. The van der Waals surface area contributed by atoms with Crippen molar-refractivity contribution in [1.82, 2.24) is 4.90 Å². The van der Waals surface area contributed by atoms with E-state index >= 15 is 0 Å². The zero-order valence-corrected chi connectivity index (χ0v) is 14.8. The molecule has 1 unspecified atom stereocenters. The second-order valence-electron chi connectivity index (χ2n) is 7.67. The monoisotopic (exact) mass is 319 g/mol. The number of allylic oxidation sites excluding steroid dienone is 1. The molecule has 0 aliphatic carbocycles. The van der Waals surface area contributed by atoms with E-state index in [4.69, 9.17) is 0 Å². The molecular weight excluding hydrogens is 289 g/mol. The Balaban J connectivity index is 2.16. The average Bonchev–Trinajstić information content (AvgIpc) is 2.47. The predicted molar refractivity (Wildman–Crippen MR) is 94.1 cm³/mol. The van der Waals surface area contributed by atoms with Crippen LogP contribution in [-0.2, 0) is 5.41 Å². The van der Waals surface area contributed by atoms with Gasteiger partial charge < -0.3 is 5.11 Å². The minimum atomic E-state index is -0.185. The summed E-state index contributed by atoms with van der Waals surface area (Å²) in [6, 6.07) is 7.24. The zero-order valence-electron chi connectivity index (χ0n) is 14.8. The minimum Gasteiger partial charge on any atom is -0.393 e. The van der Waals surface area contributed by atoms with Gasteiger partial charge in [-0.2, -0.15) is 0 Å². The van der Waals surface area contributed by atoms with E-state index < -0.39 is 0 Å². The van der Waals surface area contributed by atoms with E-state index in [1.54, 1.807) is 12.1 Å². The number of piperidine rings is 1. The normalized spacial score (nSPS) is 18.7. The van der Waals surface area contributed by atoms with Gasteiger partial charge in [0.1, 0.15) is 5.82 Å². The summed E-state index contributed by atoms with van der Waals surface area (Å²) in [6.07, 6.45) is 4.88. The van der Waals surface area contributed by atoms with Crippen molar-refractivity contribution in [3.8, 4) is 0 Å². The van der Waals surface area contributed by atoms with Crippen LogP contribution in [0.3, 0.4) is 0 Å². The number of nitrogens with zero attached hydrogens (tertiary/aromatic N) is 1. The molecule has 0 aromatic heterocycles. The minimum absolute atomic E-state index is 0.0274. The second kappa shape index (κ2) is 7.59. The third-order valence-corrected chi connectivity index (χ3v) is 4.84. The Kier molecular flexibility index (Phi) is 5.99. The van der Waals surface area contributed by atoms with Crippen molar-refractivity contribution in [1.29, 1.82) is 0 Å². The molecule has 1 N–H and O–H groups in total. The van der Waals surface area contributed by atoms with Gasteiger partial charge in [0.2, 0.25) is 0 Å². The third-order valence-electron chi connectivity index (χ3n) is 4.84. The summed E-state index contributed by atoms with van der Waals surface area (Å²) in [7, 11) is 0. The molecule has 1 aromatic carbocycles. The van der Waals surface area contributed by atoms with E-state index in [9.17, 15) is 9.50 Å². The fourth-order valence-corrected chi connectivity index (χ4v) is 3.44. The molecule has 0 spiro atoms. The van der Waals surface area contributed by atoms with E-state index in [2.05, 4.69) is 38.7 Å². The van der Waals surface area contributed by atoms with Crippen molar-refractivity contribution in [2.45, 2.75) is 64.5 Å². The van der Waals surface area contributed by atoms with Crippen LogP contribution in [0.1, 0.15) is 52.5 Å². The first-order chi connectivity index (χ1) is 10.8. The lowest BCUT2D eigenvalue weighted by Crippen LogP contribution is -2.44. The maximum Gasteiger partial charge on any atom is 0.123 e. The first-order valence-corrected chi connectivity index (χ1v) is 8.61. The smallest absolute Gasteiger partial charge is 0.123 e. The molecule has 0 radical (unpaired) electrons. The van der Waals surface area contributed by atoms with Crippen LogP contribution in [0, 0.1) is 5.82 Å². The summed E-state index contributed by atoms with van der Waals surface area (Å²) < 4.78 is 13.2. The SMILES string of the molecule is CC(C)=CC(CC(C)(C)c1ccc(F)cc1)N1CCC(O)CC1. The number of likely N-dealkylation sites (tertiary alicyclic amines) is 1. The molecule has 3 heteroatoms.